The van der Waals surface area contributed by atoms with Crippen LogP contribution in [0.15, 0.2) is 114 Å². The zero-order valence-electron chi connectivity index (χ0n) is 33.4. The van der Waals surface area contributed by atoms with Gasteiger partial charge in [0, 0.05) is 61.1 Å². The number of aliphatic hydroxyl groups is 1. The number of nitrogens with one attached hydrogen (secondary N) is 3. The quantitative estimate of drug-likeness (QED) is 0.0424. The van der Waals surface area contributed by atoms with Gasteiger partial charge in [-0.05, 0) is 91.0 Å². The Kier molecular flexibility index (Phi) is 14.4. The molecular weight excluding hydrogens is 783 g/mol. The lowest BCUT2D eigenvalue weighted by atomic mass is 9.90. The third kappa shape index (κ3) is 10.9. The second-order valence-corrected chi connectivity index (χ2v) is 15.8. The lowest BCUT2D eigenvalue weighted by Gasteiger charge is -2.30. The molecule has 312 valence electrons. The van der Waals surface area contributed by atoms with E-state index in [1.165, 1.54) is 11.3 Å². The number of thiophene rings is 1. The summed E-state index contributed by atoms with van der Waals surface area (Å²) < 4.78 is 45.9. The maximum atomic E-state index is 16.1. The molecule has 14 heteroatoms. The summed E-state index contributed by atoms with van der Waals surface area (Å²) in [5, 5.41) is 23.4. The third-order valence-electron chi connectivity index (χ3n) is 10.4. The van der Waals surface area contributed by atoms with E-state index in [9.17, 15) is 14.7 Å². The molecule has 60 heavy (non-hydrogen) atoms. The van der Waals surface area contributed by atoms with Crippen molar-refractivity contribution >= 4 is 64.8 Å². The summed E-state index contributed by atoms with van der Waals surface area (Å²) in [4.78, 5) is 25.4. The number of carbonyl (C=O) groups excluding carboxylic acids is 2. The van der Waals surface area contributed by atoms with Gasteiger partial charge in [0.05, 0.1) is 4.88 Å². The standard InChI is InChI=1S/C46H50BF2N5O5S/c48-47(49)53-36(20-21-37(53)30-38-22-25-42(54(38)47)44-14-9-29-60-44)19-16-34-17-23-40(24-18-34)58-33-46(57)52-27-5-1-2-15-45(56)51-28-7-6-26-50-31-39(55)32-59-43-13-8-11-35-10-3-4-12-41(35)43/h3-4,8-14,16-25,29-30,39,50,55H,1-2,5-7,15,26-28,31-33H2,(H,51,56)(H,52,57)/b19-16+. The summed E-state index contributed by atoms with van der Waals surface area (Å²) in [6.45, 7) is -1.78. The summed E-state index contributed by atoms with van der Waals surface area (Å²) in [6, 6.07) is 28.1. The molecule has 0 bridgehead atoms. The molecule has 5 aromatic rings. The van der Waals surface area contributed by atoms with Crippen LogP contribution in [0.25, 0.3) is 29.0 Å². The molecule has 2 aromatic heterocycles. The lowest BCUT2D eigenvalue weighted by molar-refractivity contribution is -0.360. The van der Waals surface area contributed by atoms with E-state index in [1.54, 1.807) is 54.6 Å². The fraction of sp³-hybridized carbons (Fsp3) is 0.283. The van der Waals surface area contributed by atoms with Gasteiger partial charge >= 0.3 is 6.97 Å². The molecular formula is C46H50BF2N5O5S. The van der Waals surface area contributed by atoms with E-state index in [-0.39, 0.29) is 25.0 Å². The Morgan fingerprint density at radius 2 is 1.60 bits per heavy atom. The van der Waals surface area contributed by atoms with Crippen LogP contribution < -0.4 is 25.4 Å². The van der Waals surface area contributed by atoms with Crippen molar-refractivity contribution in [1.82, 2.24) is 20.4 Å². The maximum Gasteiger partial charge on any atom is 0.737 e. The molecule has 4 N–H and O–H groups in total. The van der Waals surface area contributed by atoms with Gasteiger partial charge in [-0.3, -0.25) is 9.59 Å². The number of hydrogen-bond acceptors (Lipinski definition) is 7. The molecule has 1 atom stereocenters. The van der Waals surface area contributed by atoms with Crippen molar-refractivity contribution in [2.24, 2.45) is 0 Å². The highest BCUT2D eigenvalue weighted by atomic mass is 32.1. The molecule has 0 spiro atoms. The van der Waals surface area contributed by atoms with Crippen LogP contribution in [-0.2, 0) is 9.59 Å². The number of rotatable bonds is 22. The SMILES string of the molecule is O=C(CCCCCNC(=O)COc1ccc(/C=C/c2ccc3n2[B-](F)(F)[N+]2=C(c4cccs4)C=CC2=C3)cc1)NCCCCNCC(O)COc1cccc2ccccc12. The Labute approximate surface area is 353 Å². The second kappa shape index (κ2) is 20.4. The van der Waals surface area contributed by atoms with E-state index in [4.69, 9.17) is 9.47 Å². The minimum atomic E-state index is -4.12. The fourth-order valence-electron chi connectivity index (χ4n) is 7.31. The molecule has 0 radical (unpaired) electrons. The summed E-state index contributed by atoms with van der Waals surface area (Å²) >= 11 is 1.43. The van der Waals surface area contributed by atoms with Gasteiger partial charge < -0.3 is 48.1 Å². The molecule has 2 aliphatic heterocycles. The van der Waals surface area contributed by atoms with E-state index in [0.717, 1.165) is 74.6 Å². The summed E-state index contributed by atoms with van der Waals surface area (Å²) in [6.07, 6.45) is 12.6. The van der Waals surface area contributed by atoms with Crippen molar-refractivity contribution in [3.63, 3.8) is 0 Å². The minimum Gasteiger partial charge on any atom is -0.490 e. The predicted octanol–water partition coefficient (Wildman–Crippen LogP) is 7.50. The topological polar surface area (TPSA) is 117 Å². The van der Waals surface area contributed by atoms with Gasteiger partial charge in [0.1, 0.15) is 24.2 Å². The van der Waals surface area contributed by atoms with Gasteiger partial charge in [0.15, 0.2) is 18.0 Å². The smallest absolute Gasteiger partial charge is 0.490 e. The third-order valence-corrected chi connectivity index (χ3v) is 11.3. The highest BCUT2D eigenvalue weighted by Gasteiger charge is 2.52. The molecule has 7 rings (SSSR count). The molecule has 0 aliphatic carbocycles. The Morgan fingerprint density at radius 3 is 2.43 bits per heavy atom. The van der Waals surface area contributed by atoms with Crippen LogP contribution in [0.1, 0.15) is 60.4 Å². The number of aromatic nitrogens is 1. The molecule has 0 saturated heterocycles. The van der Waals surface area contributed by atoms with Crippen LogP contribution >= 0.6 is 11.3 Å². The number of allylic oxidation sites excluding steroid dienone is 2. The van der Waals surface area contributed by atoms with Crippen LogP contribution in [0, 0.1) is 0 Å². The average Bonchev–Trinajstić information content (AvgIpc) is 4.04. The lowest BCUT2D eigenvalue weighted by Crippen LogP contribution is -2.50. The highest BCUT2D eigenvalue weighted by Crippen LogP contribution is 2.34. The number of aliphatic hydroxyl groups excluding tert-OH is 1. The molecule has 10 nitrogen and oxygen atoms in total. The summed E-state index contributed by atoms with van der Waals surface area (Å²) in [5.74, 6) is 1.07. The van der Waals surface area contributed by atoms with Gasteiger partial charge in [0.2, 0.25) is 5.91 Å². The van der Waals surface area contributed by atoms with Crippen LogP contribution in [0.5, 0.6) is 11.5 Å². The molecule has 3 aromatic carbocycles. The number of fused-ring (bicyclic) bond motifs is 3. The fourth-order valence-corrected chi connectivity index (χ4v) is 8.06. The molecule has 4 heterocycles. The molecule has 2 amide bonds. The molecule has 1 unspecified atom stereocenters. The van der Waals surface area contributed by atoms with Crippen molar-refractivity contribution in [2.75, 3.05) is 39.4 Å². The average molecular weight is 834 g/mol. The number of carbonyl (C=O) groups is 2. The van der Waals surface area contributed by atoms with Crippen molar-refractivity contribution < 1.29 is 37.3 Å². The van der Waals surface area contributed by atoms with Crippen molar-refractivity contribution in [3.05, 3.63) is 136 Å². The number of hydrogen-bond donors (Lipinski definition) is 4. The predicted molar refractivity (Wildman–Crippen MR) is 237 cm³/mol. The summed E-state index contributed by atoms with van der Waals surface area (Å²) in [5.41, 5.74) is 2.63. The number of unbranched alkanes of at least 4 members (excludes halogenated alkanes) is 3. The van der Waals surface area contributed by atoms with Crippen molar-refractivity contribution in [2.45, 2.75) is 44.6 Å². The molecule has 2 aliphatic rings. The van der Waals surface area contributed by atoms with Gasteiger partial charge in [-0.2, -0.15) is 0 Å². The minimum absolute atomic E-state index is 0.0205. The number of halogens is 2. The van der Waals surface area contributed by atoms with E-state index in [2.05, 4.69) is 16.0 Å². The van der Waals surface area contributed by atoms with Crippen LogP contribution in [0.4, 0.5) is 8.63 Å². The first-order valence-corrected chi connectivity index (χ1v) is 21.4. The van der Waals surface area contributed by atoms with E-state index in [0.29, 0.717) is 54.6 Å². The first-order valence-electron chi connectivity index (χ1n) is 20.5. The zero-order chi connectivity index (χ0) is 41.7. The van der Waals surface area contributed by atoms with Gasteiger partial charge in [-0.1, -0.05) is 67.1 Å². The Hall–Kier alpha value is -5.83. The van der Waals surface area contributed by atoms with Crippen molar-refractivity contribution in [3.8, 4) is 11.5 Å². The van der Waals surface area contributed by atoms with Crippen LogP contribution in [0.2, 0.25) is 0 Å². The van der Waals surface area contributed by atoms with Crippen LogP contribution in [0.3, 0.4) is 0 Å². The molecule has 0 saturated carbocycles. The number of amides is 2. The highest BCUT2D eigenvalue weighted by molar-refractivity contribution is 7.12. The maximum absolute atomic E-state index is 16.1. The van der Waals surface area contributed by atoms with E-state index < -0.39 is 13.1 Å². The molecule has 0 fully saturated rings. The van der Waals surface area contributed by atoms with Crippen LogP contribution in [-0.4, -0.2) is 84.1 Å². The zero-order valence-corrected chi connectivity index (χ0v) is 34.2. The Morgan fingerprint density at radius 1 is 0.817 bits per heavy atom. The number of nitrogens with zero attached hydrogens (tertiary/aromatic N) is 2. The van der Waals surface area contributed by atoms with E-state index in [1.807, 2.05) is 72.1 Å². The first-order chi connectivity index (χ1) is 29.3. The van der Waals surface area contributed by atoms with Gasteiger partial charge in [0.25, 0.3) is 5.91 Å². The number of benzene rings is 3. The Balaban J connectivity index is 0.712. The van der Waals surface area contributed by atoms with Crippen molar-refractivity contribution in [1.29, 1.82) is 0 Å². The van der Waals surface area contributed by atoms with Gasteiger partial charge in [-0.15, -0.1) is 11.3 Å². The normalized spacial score (nSPS) is 14.6. The number of ether oxygens (including phenoxy) is 2. The summed E-state index contributed by atoms with van der Waals surface area (Å²) in [7, 11) is 0. The Bertz CT molecular complexity index is 2370. The van der Waals surface area contributed by atoms with E-state index >= 15 is 8.63 Å². The van der Waals surface area contributed by atoms with Gasteiger partial charge in [-0.25, -0.2) is 0 Å². The second-order valence-electron chi connectivity index (χ2n) is 14.8. The largest absolute Gasteiger partial charge is 0.737 e. The first kappa shape index (κ1) is 42.3. The monoisotopic (exact) mass is 833 g/mol.